The van der Waals surface area contributed by atoms with Crippen LogP contribution in [0.3, 0.4) is 0 Å². The molecule has 0 aliphatic heterocycles. The summed E-state index contributed by atoms with van der Waals surface area (Å²) >= 11 is 0. The van der Waals surface area contributed by atoms with E-state index in [4.69, 9.17) is 0 Å². The molecule has 0 aliphatic carbocycles. The molecule has 0 atom stereocenters. The van der Waals surface area contributed by atoms with Gasteiger partial charge in [-0.15, -0.1) is 0 Å². The molecule has 0 aromatic heterocycles. The lowest BCUT2D eigenvalue weighted by atomic mass is 9.93. The Morgan fingerprint density at radius 2 is 0.870 bits per heavy atom. The zero-order valence-electron chi connectivity index (χ0n) is 13.6. The second-order valence-electron chi connectivity index (χ2n) is 6.43. The lowest BCUT2D eigenvalue weighted by Gasteiger charge is -2.12. The molecule has 0 heterocycles. The number of benzene rings is 4. The van der Waals surface area contributed by atoms with Crippen LogP contribution in [0.5, 0.6) is 0 Å². The van der Waals surface area contributed by atoms with Crippen molar-refractivity contribution in [3.8, 4) is 0 Å². The largest absolute Gasteiger partial charge is 0.0616 e. The van der Waals surface area contributed by atoms with Crippen molar-refractivity contribution in [3.63, 3.8) is 0 Å². The van der Waals surface area contributed by atoms with Crippen LogP contribution in [0, 0.1) is 13.8 Å². The molecule has 112 valence electrons. The molecule has 4 aromatic rings. The van der Waals surface area contributed by atoms with Crippen LogP contribution in [0.2, 0.25) is 0 Å². The Labute approximate surface area is 137 Å². The highest BCUT2D eigenvalue weighted by molar-refractivity contribution is 5.85. The zero-order valence-corrected chi connectivity index (χ0v) is 13.6. The van der Waals surface area contributed by atoms with E-state index < -0.39 is 0 Å². The fourth-order valence-electron chi connectivity index (χ4n) is 3.39. The Hall–Kier alpha value is -2.60. The summed E-state index contributed by atoms with van der Waals surface area (Å²) in [6.07, 6.45) is 0.993. The molecule has 0 spiro atoms. The maximum atomic E-state index is 2.35. The maximum absolute atomic E-state index is 2.35. The molecule has 0 aliphatic rings. The van der Waals surface area contributed by atoms with Crippen molar-refractivity contribution in [3.05, 3.63) is 95.1 Å². The normalized spacial score (nSPS) is 11.2. The fourth-order valence-corrected chi connectivity index (χ4v) is 3.39. The summed E-state index contributed by atoms with van der Waals surface area (Å²) in [7, 11) is 0. The molecule has 0 radical (unpaired) electrons. The van der Waals surface area contributed by atoms with E-state index in [1.54, 1.807) is 0 Å². The highest BCUT2D eigenvalue weighted by Crippen LogP contribution is 2.25. The van der Waals surface area contributed by atoms with Crippen LogP contribution in [0.4, 0.5) is 0 Å². The number of aryl methyl sites for hydroxylation is 2. The first-order valence-corrected chi connectivity index (χ1v) is 8.17. The first-order chi connectivity index (χ1) is 11.2. The van der Waals surface area contributed by atoms with Gasteiger partial charge in [0.05, 0.1) is 0 Å². The van der Waals surface area contributed by atoms with Crippen molar-refractivity contribution >= 4 is 21.5 Å². The van der Waals surface area contributed by atoms with E-state index in [0.717, 1.165) is 6.42 Å². The van der Waals surface area contributed by atoms with Gasteiger partial charge in [0.1, 0.15) is 0 Å². The molecular weight excluding hydrogens is 276 g/mol. The average Bonchev–Trinajstić information content (AvgIpc) is 2.56. The van der Waals surface area contributed by atoms with Crippen LogP contribution >= 0.6 is 0 Å². The topological polar surface area (TPSA) is 0 Å². The standard InChI is InChI=1S/C23H20/c1-16-11-18-7-3-5-9-20(18)13-22(16)15-23-14-21-10-6-4-8-19(21)12-17(23)2/h3-14H,15H2,1-2H3. The second kappa shape index (κ2) is 5.55. The Kier molecular flexibility index (Phi) is 3.38. The summed E-state index contributed by atoms with van der Waals surface area (Å²) in [6, 6.07) is 26.5. The minimum atomic E-state index is 0.993. The number of rotatable bonds is 2. The second-order valence-corrected chi connectivity index (χ2v) is 6.43. The van der Waals surface area contributed by atoms with E-state index in [0.29, 0.717) is 0 Å². The predicted molar refractivity (Wildman–Crippen MR) is 100 cm³/mol. The molecule has 0 amide bonds. The van der Waals surface area contributed by atoms with Crippen molar-refractivity contribution in [1.29, 1.82) is 0 Å². The monoisotopic (exact) mass is 296 g/mol. The molecule has 4 rings (SSSR count). The molecule has 0 heteroatoms. The summed E-state index contributed by atoms with van der Waals surface area (Å²) < 4.78 is 0. The van der Waals surface area contributed by atoms with Crippen LogP contribution in [0.1, 0.15) is 22.3 Å². The van der Waals surface area contributed by atoms with Gasteiger partial charge in [-0.05, 0) is 64.1 Å². The Bertz CT molecular complexity index is 926. The van der Waals surface area contributed by atoms with Gasteiger partial charge in [-0.1, -0.05) is 72.8 Å². The van der Waals surface area contributed by atoms with Gasteiger partial charge >= 0.3 is 0 Å². The summed E-state index contributed by atoms with van der Waals surface area (Å²) in [5.41, 5.74) is 5.58. The Morgan fingerprint density at radius 3 is 1.26 bits per heavy atom. The third-order valence-electron chi connectivity index (χ3n) is 4.79. The summed E-state index contributed by atoms with van der Waals surface area (Å²) in [5, 5.41) is 5.30. The highest BCUT2D eigenvalue weighted by atomic mass is 14.1. The minimum Gasteiger partial charge on any atom is -0.0616 e. The van der Waals surface area contributed by atoms with Crippen LogP contribution in [-0.4, -0.2) is 0 Å². The Balaban J connectivity index is 1.81. The lowest BCUT2D eigenvalue weighted by molar-refractivity contribution is 1.14. The van der Waals surface area contributed by atoms with E-state index in [-0.39, 0.29) is 0 Å². The lowest BCUT2D eigenvalue weighted by Crippen LogP contribution is -1.95. The molecule has 23 heavy (non-hydrogen) atoms. The van der Waals surface area contributed by atoms with Crippen molar-refractivity contribution < 1.29 is 0 Å². The van der Waals surface area contributed by atoms with Crippen molar-refractivity contribution in [1.82, 2.24) is 0 Å². The minimum absolute atomic E-state index is 0.993. The van der Waals surface area contributed by atoms with Crippen LogP contribution < -0.4 is 0 Å². The predicted octanol–water partition coefficient (Wildman–Crippen LogP) is 6.20. The van der Waals surface area contributed by atoms with Gasteiger partial charge in [0, 0.05) is 0 Å². The molecule has 0 fully saturated rings. The first kappa shape index (κ1) is 14.0. The van der Waals surface area contributed by atoms with Crippen molar-refractivity contribution in [2.75, 3.05) is 0 Å². The van der Waals surface area contributed by atoms with E-state index in [1.165, 1.54) is 43.8 Å². The quantitative estimate of drug-likeness (QED) is 0.413. The number of hydrogen-bond donors (Lipinski definition) is 0. The van der Waals surface area contributed by atoms with Gasteiger partial charge in [0.2, 0.25) is 0 Å². The molecular formula is C23H20. The summed E-state index contributed by atoms with van der Waals surface area (Å²) in [4.78, 5) is 0. The average molecular weight is 296 g/mol. The van der Waals surface area contributed by atoms with Crippen LogP contribution in [0.15, 0.2) is 72.8 Å². The number of fused-ring (bicyclic) bond motifs is 2. The number of hydrogen-bond acceptors (Lipinski definition) is 0. The van der Waals surface area contributed by atoms with Gasteiger partial charge in [0.25, 0.3) is 0 Å². The van der Waals surface area contributed by atoms with E-state index >= 15 is 0 Å². The molecule has 0 unspecified atom stereocenters. The molecule has 0 saturated heterocycles. The van der Waals surface area contributed by atoms with E-state index in [2.05, 4.69) is 86.6 Å². The molecule has 4 aromatic carbocycles. The molecule has 0 bridgehead atoms. The molecule has 0 N–H and O–H groups in total. The molecule has 0 saturated carbocycles. The van der Waals surface area contributed by atoms with Gasteiger partial charge in [0.15, 0.2) is 0 Å². The summed E-state index contributed by atoms with van der Waals surface area (Å²) in [5.74, 6) is 0. The smallest absolute Gasteiger partial charge is 0.00201 e. The van der Waals surface area contributed by atoms with Gasteiger partial charge in [-0.3, -0.25) is 0 Å². The SMILES string of the molecule is Cc1cc2ccccc2cc1Cc1cc2ccccc2cc1C. The van der Waals surface area contributed by atoms with E-state index in [1.807, 2.05) is 0 Å². The molecule has 0 nitrogen and oxygen atoms in total. The van der Waals surface area contributed by atoms with Crippen molar-refractivity contribution in [2.45, 2.75) is 20.3 Å². The van der Waals surface area contributed by atoms with Crippen LogP contribution in [0.25, 0.3) is 21.5 Å². The van der Waals surface area contributed by atoms with Crippen LogP contribution in [-0.2, 0) is 6.42 Å². The fraction of sp³-hybridized carbons (Fsp3) is 0.130. The highest BCUT2D eigenvalue weighted by Gasteiger charge is 2.06. The third-order valence-corrected chi connectivity index (χ3v) is 4.79. The maximum Gasteiger partial charge on any atom is -0.00201 e. The van der Waals surface area contributed by atoms with Gasteiger partial charge in [-0.25, -0.2) is 0 Å². The Morgan fingerprint density at radius 1 is 0.522 bits per heavy atom. The third kappa shape index (κ3) is 2.61. The first-order valence-electron chi connectivity index (χ1n) is 8.17. The zero-order chi connectivity index (χ0) is 15.8. The van der Waals surface area contributed by atoms with Gasteiger partial charge < -0.3 is 0 Å². The van der Waals surface area contributed by atoms with Gasteiger partial charge in [-0.2, -0.15) is 0 Å². The van der Waals surface area contributed by atoms with E-state index in [9.17, 15) is 0 Å². The summed E-state index contributed by atoms with van der Waals surface area (Å²) in [6.45, 7) is 4.44. The van der Waals surface area contributed by atoms with Crippen molar-refractivity contribution in [2.24, 2.45) is 0 Å².